The minimum Gasteiger partial charge on any atom is -0.454 e. The van der Waals surface area contributed by atoms with E-state index in [1.807, 2.05) is 30.3 Å². The fourth-order valence-corrected chi connectivity index (χ4v) is 1.62. The molecule has 1 atom stereocenters. The summed E-state index contributed by atoms with van der Waals surface area (Å²) in [5.74, 6) is -1.72. The van der Waals surface area contributed by atoms with Crippen molar-refractivity contribution in [1.82, 2.24) is 5.32 Å². The van der Waals surface area contributed by atoms with Crippen molar-refractivity contribution in [2.75, 3.05) is 6.61 Å². The summed E-state index contributed by atoms with van der Waals surface area (Å²) < 4.78 is 9.74. The van der Waals surface area contributed by atoms with Gasteiger partial charge in [0.25, 0.3) is 5.91 Å². The molecule has 7 nitrogen and oxygen atoms in total. The van der Waals surface area contributed by atoms with E-state index in [9.17, 15) is 14.4 Å². The summed E-state index contributed by atoms with van der Waals surface area (Å²) in [5.41, 5.74) is 5.73. The molecular formula is C15H20N2O5. The molecule has 2 amide bonds. The van der Waals surface area contributed by atoms with E-state index >= 15 is 0 Å². The predicted molar refractivity (Wildman–Crippen MR) is 78.5 cm³/mol. The number of carbonyl (C=O) groups is 3. The van der Waals surface area contributed by atoms with Crippen molar-refractivity contribution in [3.8, 4) is 0 Å². The standard InChI is InChI=1S/C15H20N2O5/c1-10(2)13(14(19)21-9-12(16)18)17-15(20)22-8-11-6-4-3-5-7-11/h3-7,10,13H,8-9H2,1-2H3,(H2,16,18)(H,17,20)/t13-/m0/s1. The van der Waals surface area contributed by atoms with Crippen molar-refractivity contribution < 1.29 is 23.9 Å². The Bertz CT molecular complexity index is 516. The highest BCUT2D eigenvalue weighted by Gasteiger charge is 2.26. The number of primary amides is 1. The Hall–Kier alpha value is -2.57. The van der Waals surface area contributed by atoms with E-state index in [1.54, 1.807) is 13.8 Å². The molecule has 7 heteroatoms. The SMILES string of the molecule is CC(C)[C@H](NC(=O)OCc1ccccc1)C(=O)OCC(N)=O. The first-order chi connectivity index (χ1) is 10.4. The van der Waals surface area contributed by atoms with E-state index in [2.05, 4.69) is 5.32 Å². The number of hydrogen-bond acceptors (Lipinski definition) is 5. The topological polar surface area (TPSA) is 108 Å². The molecule has 0 fully saturated rings. The van der Waals surface area contributed by atoms with Crippen LogP contribution in [0.3, 0.4) is 0 Å². The molecule has 0 aliphatic heterocycles. The van der Waals surface area contributed by atoms with Gasteiger partial charge in [0.1, 0.15) is 12.6 Å². The molecule has 3 N–H and O–H groups in total. The van der Waals surface area contributed by atoms with Crippen LogP contribution < -0.4 is 11.1 Å². The molecular weight excluding hydrogens is 288 g/mol. The van der Waals surface area contributed by atoms with Gasteiger partial charge in [-0.25, -0.2) is 9.59 Å². The molecule has 0 saturated carbocycles. The first-order valence-corrected chi connectivity index (χ1v) is 6.82. The van der Waals surface area contributed by atoms with Gasteiger partial charge in [0, 0.05) is 0 Å². The maximum Gasteiger partial charge on any atom is 0.408 e. The second-order valence-electron chi connectivity index (χ2n) is 5.00. The van der Waals surface area contributed by atoms with Crippen LogP contribution >= 0.6 is 0 Å². The van der Waals surface area contributed by atoms with Crippen molar-refractivity contribution in [3.05, 3.63) is 35.9 Å². The molecule has 0 spiro atoms. The normalized spacial score (nSPS) is 11.6. The summed E-state index contributed by atoms with van der Waals surface area (Å²) in [5, 5.41) is 2.42. The lowest BCUT2D eigenvalue weighted by atomic mass is 10.1. The van der Waals surface area contributed by atoms with E-state index < -0.39 is 30.6 Å². The van der Waals surface area contributed by atoms with E-state index in [4.69, 9.17) is 15.2 Å². The lowest BCUT2D eigenvalue weighted by Crippen LogP contribution is -2.46. The Labute approximate surface area is 128 Å². The number of nitrogens with one attached hydrogen (secondary N) is 1. The van der Waals surface area contributed by atoms with Gasteiger partial charge in [0.2, 0.25) is 0 Å². The maximum atomic E-state index is 11.8. The fourth-order valence-electron chi connectivity index (χ4n) is 1.62. The Morgan fingerprint density at radius 3 is 2.32 bits per heavy atom. The number of benzene rings is 1. The van der Waals surface area contributed by atoms with Crippen LogP contribution in [0.25, 0.3) is 0 Å². The first-order valence-electron chi connectivity index (χ1n) is 6.82. The monoisotopic (exact) mass is 308 g/mol. The van der Waals surface area contributed by atoms with Crippen LogP contribution in [0.5, 0.6) is 0 Å². The molecule has 1 rings (SSSR count). The van der Waals surface area contributed by atoms with Crippen molar-refractivity contribution in [1.29, 1.82) is 0 Å². The number of esters is 1. The second kappa shape index (κ2) is 8.66. The van der Waals surface area contributed by atoms with Gasteiger partial charge in [-0.2, -0.15) is 0 Å². The molecule has 0 saturated heterocycles. The van der Waals surface area contributed by atoms with Crippen LogP contribution in [0.2, 0.25) is 0 Å². The Morgan fingerprint density at radius 1 is 1.14 bits per heavy atom. The van der Waals surface area contributed by atoms with Gasteiger partial charge in [-0.3, -0.25) is 4.79 Å². The third kappa shape index (κ3) is 6.25. The molecule has 0 heterocycles. The molecule has 120 valence electrons. The summed E-state index contributed by atoms with van der Waals surface area (Å²) >= 11 is 0. The molecule has 0 radical (unpaired) electrons. The van der Waals surface area contributed by atoms with Gasteiger partial charge < -0.3 is 20.5 Å². The van der Waals surface area contributed by atoms with Gasteiger partial charge in [0.15, 0.2) is 6.61 Å². The molecule has 0 aliphatic carbocycles. The third-order valence-electron chi connectivity index (χ3n) is 2.76. The van der Waals surface area contributed by atoms with E-state index in [0.29, 0.717) is 0 Å². The van der Waals surface area contributed by atoms with Gasteiger partial charge in [-0.1, -0.05) is 44.2 Å². The minimum atomic E-state index is -0.914. The van der Waals surface area contributed by atoms with E-state index in [-0.39, 0.29) is 12.5 Å². The molecule has 1 aromatic carbocycles. The highest BCUT2D eigenvalue weighted by Crippen LogP contribution is 2.06. The largest absolute Gasteiger partial charge is 0.454 e. The number of alkyl carbamates (subject to hydrolysis) is 1. The minimum absolute atomic E-state index is 0.0911. The molecule has 0 unspecified atom stereocenters. The molecule has 0 aliphatic rings. The smallest absolute Gasteiger partial charge is 0.408 e. The Balaban J connectivity index is 2.50. The zero-order valence-corrected chi connectivity index (χ0v) is 12.6. The van der Waals surface area contributed by atoms with Crippen LogP contribution in [-0.4, -0.2) is 30.6 Å². The average Bonchev–Trinajstić information content (AvgIpc) is 2.49. The average molecular weight is 308 g/mol. The summed E-state index contributed by atoms with van der Waals surface area (Å²) in [7, 11) is 0. The molecule has 1 aromatic rings. The van der Waals surface area contributed by atoms with Crippen molar-refractivity contribution in [2.24, 2.45) is 11.7 Å². The summed E-state index contributed by atoms with van der Waals surface area (Å²) in [6.07, 6.45) is -0.737. The number of ether oxygens (including phenoxy) is 2. The van der Waals surface area contributed by atoms with Crippen molar-refractivity contribution in [3.63, 3.8) is 0 Å². The number of hydrogen-bond donors (Lipinski definition) is 2. The van der Waals surface area contributed by atoms with Crippen LogP contribution in [0.1, 0.15) is 19.4 Å². The van der Waals surface area contributed by atoms with Gasteiger partial charge in [-0.05, 0) is 11.5 Å². The van der Waals surface area contributed by atoms with Crippen LogP contribution in [0.15, 0.2) is 30.3 Å². The number of carbonyl (C=O) groups excluding carboxylic acids is 3. The number of amides is 2. The fraction of sp³-hybridized carbons (Fsp3) is 0.400. The summed E-state index contributed by atoms with van der Waals surface area (Å²) in [6, 6.07) is 8.22. The molecule has 0 aromatic heterocycles. The highest BCUT2D eigenvalue weighted by molar-refractivity contribution is 5.84. The van der Waals surface area contributed by atoms with Gasteiger partial charge >= 0.3 is 12.1 Å². The predicted octanol–water partition coefficient (Wildman–Crippen LogP) is 0.966. The zero-order chi connectivity index (χ0) is 16.5. The Morgan fingerprint density at radius 2 is 1.77 bits per heavy atom. The quantitative estimate of drug-likeness (QED) is 0.730. The third-order valence-corrected chi connectivity index (χ3v) is 2.76. The number of nitrogens with two attached hydrogens (primary N) is 1. The Kier molecular flexibility index (Phi) is 6.88. The van der Waals surface area contributed by atoms with E-state index in [1.165, 1.54) is 0 Å². The summed E-state index contributed by atoms with van der Waals surface area (Å²) in [4.78, 5) is 34.2. The lowest BCUT2D eigenvalue weighted by Gasteiger charge is -2.20. The zero-order valence-electron chi connectivity index (χ0n) is 12.6. The highest BCUT2D eigenvalue weighted by atomic mass is 16.6. The second-order valence-corrected chi connectivity index (χ2v) is 5.00. The molecule has 22 heavy (non-hydrogen) atoms. The van der Waals surface area contributed by atoms with Crippen LogP contribution in [0.4, 0.5) is 4.79 Å². The number of rotatable bonds is 7. The summed E-state index contributed by atoms with van der Waals surface area (Å²) in [6.45, 7) is 3.03. The molecule has 0 bridgehead atoms. The van der Waals surface area contributed by atoms with Gasteiger partial charge in [0.05, 0.1) is 0 Å². The van der Waals surface area contributed by atoms with E-state index in [0.717, 1.165) is 5.56 Å². The van der Waals surface area contributed by atoms with Crippen molar-refractivity contribution >= 4 is 18.0 Å². The van der Waals surface area contributed by atoms with Crippen molar-refractivity contribution in [2.45, 2.75) is 26.5 Å². The van der Waals surface area contributed by atoms with Crippen LogP contribution in [0, 0.1) is 5.92 Å². The first kappa shape index (κ1) is 17.5. The lowest BCUT2D eigenvalue weighted by molar-refractivity contribution is -0.150. The van der Waals surface area contributed by atoms with Gasteiger partial charge in [-0.15, -0.1) is 0 Å². The maximum absolute atomic E-state index is 11.8. The van der Waals surface area contributed by atoms with Crippen LogP contribution in [-0.2, 0) is 25.7 Å².